The molecule has 126 valence electrons. The van der Waals surface area contributed by atoms with Gasteiger partial charge in [-0.15, -0.1) is 0 Å². The number of fused-ring (bicyclic) bond motifs is 1. The first-order valence-electron chi connectivity index (χ1n) is 7.95. The van der Waals surface area contributed by atoms with E-state index in [1.54, 1.807) is 26.0 Å². The molecule has 5 heteroatoms. The second kappa shape index (κ2) is 7.25. The van der Waals surface area contributed by atoms with Gasteiger partial charge in [0.15, 0.2) is 11.5 Å². The maximum absolute atomic E-state index is 12.2. The first kappa shape index (κ1) is 16.2. The van der Waals surface area contributed by atoms with E-state index in [-0.39, 0.29) is 6.10 Å². The highest BCUT2D eigenvalue weighted by Crippen LogP contribution is 2.42. The largest absolute Gasteiger partial charge is 0.485 e. The minimum Gasteiger partial charge on any atom is -0.485 e. The topological polar surface area (TPSA) is 54.0 Å². The molecule has 0 amide bonds. The molecule has 0 spiro atoms. The molecular formula is C19H20O5. The zero-order chi connectivity index (χ0) is 16.9. The van der Waals surface area contributed by atoms with Crippen LogP contribution in [0, 0.1) is 0 Å². The second-order valence-electron chi connectivity index (χ2n) is 5.69. The molecule has 0 radical (unpaired) electrons. The van der Waals surface area contributed by atoms with E-state index in [0.29, 0.717) is 42.6 Å². The van der Waals surface area contributed by atoms with Crippen molar-refractivity contribution in [2.45, 2.75) is 26.6 Å². The highest BCUT2D eigenvalue weighted by molar-refractivity contribution is 5.94. The van der Waals surface area contributed by atoms with Gasteiger partial charge in [0, 0.05) is 0 Å². The van der Waals surface area contributed by atoms with Crippen LogP contribution < -0.4 is 14.2 Å². The Balaban J connectivity index is 1.84. The third-order valence-corrected chi connectivity index (χ3v) is 3.45. The van der Waals surface area contributed by atoms with Crippen LogP contribution in [-0.2, 0) is 11.3 Å². The van der Waals surface area contributed by atoms with Crippen molar-refractivity contribution in [3.05, 3.63) is 53.6 Å². The minimum atomic E-state index is -0.429. The van der Waals surface area contributed by atoms with Crippen LogP contribution in [0.3, 0.4) is 0 Å². The van der Waals surface area contributed by atoms with Crippen LogP contribution in [0.25, 0.3) is 0 Å². The fourth-order valence-corrected chi connectivity index (χ4v) is 2.40. The molecule has 0 atom stereocenters. The van der Waals surface area contributed by atoms with E-state index in [4.69, 9.17) is 18.9 Å². The van der Waals surface area contributed by atoms with Gasteiger partial charge in [-0.2, -0.15) is 0 Å². The van der Waals surface area contributed by atoms with Crippen molar-refractivity contribution in [2.24, 2.45) is 0 Å². The Labute approximate surface area is 141 Å². The number of hydrogen-bond donors (Lipinski definition) is 0. The molecule has 0 saturated carbocycles. The van der Waals surface area contributed by atoms with Gasteiger partial charge in [-0.3, -0.25) is 0 Å². The second-order valence-corrected chi connectivity index (χ2v) is 5.69. The quantitative estimate of drug-likeness (QED) is 0.785. The molecular weight excluding hydrogens is 308 g/mol. The predicted octanol–water partition coefficient (Wildman–Crippen LogP) is 3.60. The zero-order valence-corrected chi connectivity index (χ0v) is 13.8. The first-order chi connectivity index (χ1) is 11.6. The minimum absolute atomic E-state index is 0.202. The van der Waals surface area contributed by atoms with E-state index >= 15 is 0 Å². The van der Waals surface area contributed by atoms with E-state index in [9.17, 15) is 4.79 Å². The lowest BCUT2D eigenvalue weighted by Crippen LogP contribution is -2.20. The molecule has 0 N–H and O–H groups in total. The molecule has 0 aliphatic carbocycles. The first-order valence-corrected chi connectivity index (χ1v) is 7.95. The standard InChI is InChI=1S/C19H20O5/c1-13(2)24-19(20)15-8-9-16(18-17(15)21-10-11-22-18)23-12-14-6-4-3-5-7-14/h3-9,13H,10-12H2,1-2H3. The van der Waals surface area contributed by atoms with Crippen LogP contribution in [0.4, 0.5) is 0 Å². The Morgan fingerprint density at radius 2 is 1.75 bits per heavy atom. The summed E-state index contributed by atoms with van der Waals surface area (Å²) in [6.45, 7) is 4.82. The number of carbonyl (C=O) groups excluding carboxylic acids is 1. The van der Waals surface area contributed by atoms with E-state index in [2.05, 4.69) is 0 Å². The van der Waals surface area contributed by atoms with Crippen molar-refractivity contribution in [3.8, 4) is 17.2 Å². The van der Waals surface area contributed by atoms with Gasteiger partial charge in [0.25, 0.3) is 0 Å². The Bertz CT molecular complexity index is 709. The highest BCUT2D eigenvalue weighted by Gasteiger charge is 2.26. The lowest BCUT2D eigenvalue weighted by atomic mass is 10.1. The van der Waals surface area contributed by atoms with Crippen LogP contribution in [0.15, 0.2) is 42.5 Å². The molecule has 0 unspecified atom stereocenters. The lowest BCUT2D eigenvalue weighted by Gasteiger charge is -2.23. The normalized spacial score (nSPS) is 12.8. The smallest absolute Gasteiger partial charge is 0.342 e. The molecule has 2 aromatic rings. The summed E-state index contributed by atoms with van der Waals surface area (Å²) in [6, 6.07) is 13.2. The van der Waals surface area contributed by atoms with Gasteiger partial charge >= 0.3 is 5.97 Å². The fourth-order valence-electron chi connectivity index (χ4n) is 2.40. The summed E-state index contributed by atoms with van der Waals surface area (Å²) in [6.07, 6.45) is -0.202. The third kappa shape index (κ3) is 3.62. The van der Waals surface area contributed by atoms with Crippen molar-refractivity contribution in [1.82, 2.24) is 0 Å². The number of ether oxygens (including phenoxy) is 4. The average molecular weight is 328 g/mol. The summed E-state index contributed by atoms with van der Waals surface area (Å²) < 4.78 is 22.4. The summed E-state index contributed by atoms with van der Waals surface area (Å²) in [7, 11) is 0. The molecule has 2 aromatic carbocycles. The highest BCUT2D eigenvalue weighted by atomic mass is 16.6. The van der Waals surface area contributed by atoms with Crippen molar-refractivity contribution in [3.63, 3.8) is 0 Å². The van der Waals surface area contributed by atoms with Gasteiger partial charge in [-0.05, 0) is 31.5 Å². The Hall–Kier alpha value is -2.69. The van der Waals surface area contributed by atoms with Gasteiger partial charge in [-0.1, -0.05) is 30.3 Å². The average Bonchev–Trinajstić information content (AvgIpc) is 2.60. The van der Waals surface area contributed by atoms with Gasteiger partial charge < -0.3 is 18.9 Å². The number of rotatable bonds is 5. The molecule has 0 saturated heterocycles. The van der Waals surface area contributed by atoms with Gasteiger partial charge in [0.2, 0.25) is 5.75 Å². The van der Waals surface area contributed by atoms with Gasteiger partial charge in [-0.25, -0.2) is 4.79 Å². The maximum Gasteiger partial charge on any atom is 0.342 e. The number of hydrogen-bond acceptors (Lipinski definition) is 5. The Morgan fingerprint density at radius 1 is 1.04 bits per heavy atom. The van der Waals surface area contributed by atoms with Gasteiger partial charge in [0.1, 0.15) is 25.4 Å². The van der Waals surface area contributed by atoms with Crippen LogP contribution in [0.2, 0.25) is 0 Å². The lowest BCUT2D eigenvalue weighted by molar-refractivity contribution is 0.0368. The SMILES string of the molecule is CC(C)OC(=O)c1ccc(OCc2ccccc2)c2c1OCCO2. The maximum atomic E-state index is 12.2. The number of esters is 1. The Morgan fingerprint density at radius 3 is 2.46 bits per heavy atom. The molecule has 1 aliphatic heterocycles. The van der Waals surface area contributed by atoms with Crippen LogP contribution in [-0.4, -0.2) is 25.3 Å². The third-order valence-electron chi connectivity index (χ3n) is 3.45. The van der Waals surface area contributed by atoms with Crippen molar-refractivity contribution in [2.75, 3.05) is 13.2 Å². The van der Waals surface area contributed by atoms with E-state index in [0.717, 1.165) is 5.56 Å². The molecule has 3 rings (SSSR count). The van der Waals surface area contributed by atoms with Crippen LogP contribution in [0.1, 0.15) is 29.8 Å². The monoisotopic (exact) mass is 328 g/mol. The molecule has 0 fully saturated rings. The molecule has 24 heavy (non-hydrogen) atoms. The number of benzene rings is 2. The molecule has 5 nitrogen and oxygen atoms in total. The zero-order valence-electron chi connectivity index (χ0n) is 13.8. The Kier molecular flexibility index (Phi) is 4.89. The van der Waals surface area contributed by atoms with Crippen LogP contribution in [0.5, 0.6) is 17.2 Å². The summed E-state index contributed by atoms with van der Waals surface area (Å²) >= 11 is 0. The van der Waals surface area contributed by atoms with Crippen molar-refractivity contribution < 1.29 is 23.7 Å². The van der Waals surface area contributed by atoms with Crippen LogP contribution >= 0.6 is 0 Å². The molecule has 1 heterocycles. The molecule has 1 aliphatic rings. The molecule has 0 bridgehead atoms. The van der Waals surface area contributed by atoms with Crippen molar-refractivity contribution >= 4 is 5.97 Å². The van der Waals surface area contributed by atoms with E-state index < -0.39 is 5.97 Å². The van der Waals surface area contributed by atoms with Gasteiger partial charge in [0.05, 0.1) is 6.10 Å². The summed E-state index contributed by atoms with van der Waals surface area (Å²) in [5.74, 6) is 0.962. The van der Waals surface area contributed by atoms with E-state index in [1.807, 2.05) is 30.3 Å². The molecule has 0 aromatic heterocycles. The van der Waals surface area contributed by atoms with Crippen molar-refractivity contribution in [1.29, 1.82) is 0 Å². The summed E-state index contributed by atoms with van der Waals surface area (Å²) in [5.41, 5.74) is 1.40. The fraction of sp³-hybridized carbons (Fsp3) is 0.316. The number of carbonyl (C=O) groups is 1. The summed E-state index contributed by atoms with van der Waals surface area (Å²) in [4.78, 5) is 12.2. The van der Waals surface area contributed by atoms with E-state index in [1.165, 1.54) is 0 Å². The predicted molar refractivity (Wildman–Crippen MR) is 88.8 cm³/mol. The summed E-state index contributed by atoms with van der Waals surface area (Å²) in [5, 5.41) is 0.